The van der Waals surface area contributed by atoms with Crippen molar-refractivity contribution >= 4 is 61.6 Å². The summed E-state index contributed by atoms with van der Waals surface area (Å²) >= 11 is 15.5. The summed E-state index contributed by atoms with van der Waals surface area (Å²) in [6.07, 6.45) is 0. The highest BCUT2D eigenvalue weighted by molar-refractivity contribution is 9.10. The van der Waals surface area contributed by atoms with Crippen LogP contribution in [0, 0.1) is 5.82 Å². The first kappa shape index (κ1) is 22.3. The summed E-state index contributed by atoms with van der Waals surface area (Å²) < 4.78 is 21.2. The van der Waals surface area contributed by atoms with Gasteiger partial charge >= 0.3 is 0 Å². The number of hydrogen-bond acceptors (Lipinski definition) is 4. The number of rotatable bonds is 5. The van der Waals surface area contributed by atoms with E-state index in [9.17, 15) is 9.90 Å². The molecule has 32 heavy (non-hydrogen) atoms. The molecular formula is C22H15BrCl2FN3O3. The van der Waals surface area contributed by atoms with Crippen LogP contribution in [0.3, 0.4) is 0 Å². The van der Waals surface area contributed by atoms with Crippen LogP contribution in [-0.4, -0.2) is 16.0 Å². The molecule has 5 N–H and O–H groups in total. The molecule has 0 aliphatic rings. The van der Waals surface area contributed by atoms with Crippen molar-refractivity contribution in [1.82, 2.24) is 10.3 Å². The van der Waals surface area contributed by atoms with Crippen LogP contribution in [0.1, 0.15) is 16.1 Å². The molecule has 4 rings (SSSR count). The van der Waals surface area contributed by atoms with Gasteiger partial charge in [-0.15, -0.1) is 0 Å². The number of aromatic nitrogens is 1. The molecule has 3 aromatic carbocycles. The molecule has 10 heteroatoms. The number of phenols is 1. The van der Waals surface area contributed by atoms with Gasteiger partial charge in [0.1, 0.15) is 17.2 Å². The summed E-state index contributed by atoms with van der Waals surface area (Å²) in [5.74, 6) is -1.11. The van der Waals surface area contributed by atoms with Gasteiger partial charge in [0.15, 0.2) is 11.6 Å². The highest BCUT2D eigenvalue weighted by Gasteiger charge is 2.19. The molecule has 0 spiro atoms. The van der Waals surface area contributed by atoms with Crippen LogP contribution in [-0.2, 0) is 6.54 Å². The molecule has 0 unspecified atom stereocenters. The van der Waals surface area contributed by atoms with Crippen molar-refractivity contribution in [1.29, 1.82) is 0 Å². The number of hydrogen-bond donors (Lipinski definition) is 4. The minimum atomic E-state index is -0.725. The first-order valence-corrected chi connectivity index (χ1v) is 10.8. The molecule has 6 nitrogen and oxygen atoms in total. The SMILES string of the molecule is Nc1cc(Cl)cc(Oc2c(Cl)ccc(CNC(=O)c3[nH]c4cc(O)ccc4c3Br)c2F)c1. The Balaban J connectivity index is 1.55. The van der Waals surface area contributed by atoms with Gasteiger partial charge in [0.25, 0.3) is 5.91 Å². The average molecular weight is 539 g/mol. The van der Waals surface area contributed by atoms with Gasteiger partial charge in [0.05, 0.1) is 15.0 Å². The fourth-order valence-corrected chi connectivity index (χ4v) is 4.18. The lowest BCUT2D eigenvalue weighted by Gasteiger charge is -2.13. The number of anilines is 1. The Kier molecular flexibility index (Phi) is 6.19. The number of nitrogens with two attached hydrogens (primary N) is 1. The third-order valence-electron chi connectivity index (χ3n) is 4.63. The normalized spacial score (nSPS) is 11.0. The van der Waals surface area contributed by atoms with Gasteiger partial charge in [0.2, 0.25) is 0 Å². The lowest BCUT2D eigenvalue weighted by atomic mass is 10.2. The number of benzene rings is 3. The summed E-state index contributed by atoms with van der Waals surface area (Å²) in [6.45, 7) is -0.122. The smallest absolute Gasteiger partial charge is 0.269 e. The summed E-state index contributed by atoms with van der Waals surface area (Å²) in [4.78, 5) is 15.6. The number of aromatic hydroxyl groups is 1. The van der Waals surface area contributed by atoms with Crippen LogP contribution in [0.4, 0.5) is 10.1 Å². The molecule has 4 aromatic rings. The monoisotopic (exact) mass is 537 g/mol. The third-order valence-corrected chi connectivity index (χ3v) is 5.97. The number of aromatic amines is 1. The molecule has 0 saturated carbocycles. The number of carbonyl (C=O) groups is 1. The summed E-state index contributed by atoms with van der Waals surface area (Å²) in [5.41, 5.74) is 7.08. The quantitative estimate of drug-likeness (QED) is 0.221. The number of nitrogens with one attached hydrogen (secondary N) is 2. The van der Waals surface area contributed by atoms with Gasteiger partial charge < -0.3 is 25.9 Å². The van der Waals surface area contributed by atoms with Crippen molar-refractivity contribution in [2.45, 2.75) is 6.54 Å². The Bertz CT molecular complexity index is 1340. The second-order valence-corrected chi connectivity index (χ2v) is 8.54. The summed E-state index contributed by atoms with van der Waals surface area (Å²) in [6, 6.07) is 12.1. The number of ether oxygens (including phenoxy) is 1. The molecule has 0 aliphatic heterocycles. The summed E-state index contributed by atoms with van der Waals surface area (Å²) in [5, 5.41) is 13.4. The summed E-state index contributed by atoms with van der Waals surface area (Å²) in [7, 11) is 0. The molecule has 0 radical (unpaired) electrons. The highest BCUT2D eigenvalue weighted by atomic mass is 79.9. The first-order chi connectivity index (χ1) is 15.2. The Morgan fingerprint density at radius 1 is 1.19 bits per heavy atom. The van der Waals surface area contributed by atoms with Crippen molar-refractivity contribution < 1.29 is 19.0 Å². The van der Waals surface area contributed by atoms with E-state index in [2.05, 4.69) is 26.2 Å². The molecule has 164 valence electrons. The van der Waals surface area contributed by atoms with Gasteiger partial charge in [0, 0.05) is 40.3 Å². The average Bonchev–Trinajstić information content (AvgIpc) is 3.05. The van der Waals surface area contributed by atoms with Crippen LogP contribution in [0.15, 0.2) is 53.0 Å². The maximum absolute atomic E-state index is 15.1. The van der Waals surface area contributed by atoms with Gasteiger partial charge in [-0.2, -0.15) is 0 Å². The van der Waals surface area contributed by atoms with E-state index in [1.165, 1.54) is 42.5 Å². The Morgan fingerprint density at radius 3 is 2.72 bits per heavy atom. The topological polar surface area (TPSA) is 100 Å². The minimum Gasteiger partial charge on any atom is -0.508 e. The second-order valence-electron chi connectivity index (χ2n) is 6.90. The van der Waals surface area contributed by atoms with Gasteiger partial charge in [-0.05, 0) is 46.3 Å². The number of carbonyl (C=O) groups excluding carboxylic acids is 1. The third kappa shape index (κ3) is 4.48. The van der Waals surface area contributed by atoms with E-state index < -0.39 is 11.7 Å². The lowest BCUT2D eigenvalue weighted by molar-refractivity contribution is 0.0945. The van der Waals surface area contributed by atoms with E-state index in [4.69, 9.17) is 33.7 Å². The van der Waals surface area contributed by atoms with E-state index in [0.717, 1.165) is 5.39 Å². The Hall–Kier alpha value is -2.94. The maximum atomic E-state index is 15.1. The van der Waals surface area contributed by atoms with E-state index >= 15 is 4.39 Å². The largest absolute Gasteiger partial charge is 0.508 e. The number of nitrogen functional groups attached to an aromatic ring is 1. The van der Waals surface area contributed by atoms with E-state index in [0.29, 0.717) is 20.7 Å². The maximum Gasteiger partial charge on any atom is 0.269 e. The second kappa shape index (κ2) is 8.90. The zero-order valence-electron chi connectivity index (χ0n) is 16.2. The van der Waals surface area contributed by atoms with Gasteiger partial charge in [-0.3, -0.25) is 4.79 Å². The van der Waals surface area contributed by atoms with Crippen molar-refractivity contribution in [3.63, 3.8) is 0 Å². The van der Waals surface area contributed by atoms with E-state index in [1.807, 2.05) is 0 Å². The predicted molar refractivity (Wildman–Crippen MR) is 126 cm³/mol. The fourth-order valence-electron chi connectivity index (χ4n) is 3.14. The molecule has 0 saturated heterocycles. The van der Waals surface area contributed by atoms with Crippen LogP contribution in [0.2, 0.25) is 10.0 Å². The Labute approximate surface area is 200 Å². The Morgan fingerprint density at radius 2 is 1.97 bits per heavy atom. The molecular weight excluding hydrogens is 524 g/mol. The first-order valence-electron chi connectivity index (χ1n) is 9.22. The number of halogens is 4. The standard InChI is InChI=1S/C22H15BrCl2FN3O3/c23-18-15-3-2-13(30)8-17(15)29-20(18)22(31)28-9-10-1-4-16(25)21(19(10)26)32-14-6-11(24)5-12(27)7-14/h1-8,29-30H,9,27H2,(H,28,31). The molecule has 1 aromatic heterocycles. The fraction of sp³-hybridized carbons (Fsp3) is 0.0455. The van der Waals surface area contributed by atoms with Crippen molar-refractivity contribution in [3.05, 3.63) is 80.1 Å². The van der Waals surface area contributed by atoms with Crippen LogP contribution in [0.25, 0.3) is 10.9 Å². The zero-order chi connectivity index (χ0) is 23.0. The number of phenolic OH excluding ortho intramolecular Hbond substituents is 1. The van der Waals surface area contributed by atoms with Crippen molar-refractivity contribution in [2.24, 2.45) is 0 Å². The molecule has 1 heterocycles. The number of amides is 1. The van der Waals surface area contributed by atoms with Crippen molar-refractivity contribution in [3.8, 4) is 17.2 Å². The number of fused-ring (bicyclic) bond motifs is 1. The molecule has 1 amide bonds. The number of H-pyrrole nitrogens is 1. The minimum absolute atomic E-state index is 0.0503. The van der Waals surface area contributed by atoms with Gasteiger partial charge in [-0.25, -0.2) is 4.39 Å². The van der Waals surface area contributed by atoms with Crippen LogP contribution in [0.5, 0.6) is 17.2 Å². The molecule has 0 atom stereocenters. The molecule has 0 fully saturated rings. The van der Waals surface area contributed by atoms with Gasteiger partial charge in [-0.1, -0.05) is 29.3 Å². The van der Waals surface area contributed by atoms with Crippen molar-refractivity contribution in [2.75, 3.05) is 5.73 Å². The van der Waals surface area contributed by atoms with Crippen LogP contribution < -0.4 is 15.8 Å². The zero-order valence-corrected chi connectivity index (χ0v) is 19.3. The molecule has 0 aliphatic carbocycles. The lowest BCUT2D eigenvalue weighted by Crippen LogP contribution is -2.24. The van der Waals surface area contributed by atoms with E-state index in [1.54, 1.807) is 6.07 Å². The van der Waals surface area contributed by atoms with E-state index in [-0.39, 0.29) is 40.1 Å². The predicted octanol–water partition coefficient (Wildman–Crippen LogP) is 6.39. The highest BCUT2D eigenvalue weighted by Crippen LogP contribution is 2.36. The molecule has 0 bridgehead atoms. The van der Waals surface area contributed by atoms with Crippen LogP contribution >= 0.6 is 39.1 Å².